The van der Waals surface area contributed by atoms with Gasteiger partial charge in [-0.15, -0.1) is 0 Å². The molecule has 0 amide bonds. The summed E-state index contributed by atoms with van der Waals surface area (Å²) in [7, 11) is 0. The van der Waals surface area contributed by atoms with Crippen LogP contribution in [0.3, 0.4) is 0 Å². The number of hydrogen-bond acceptors (Lipinski definition) is 10. The average molecular weight is 1050 g/mol. The van der Waals surface area contributed by atoms with Gasteiger partial charge in [0.05, 0.1) is 0 Å². The van der Waals surface area contributed by atoms with Crippen LogP contribution in [0.15, 0.2) is 0 Å². The van der Waals surface area contributed by atoms with Crippen molar-refractivity contribution < 1.29 is 47.7 Å². The smallest absolute Gasteiger partial charge is 0.322 e. The first-order chi connectivity index (χ1) is 25.5. The standard InChI is InChI=1S/C42H64Br4O10/c1-23(12-15-31(47)52-18-19-53-33(48)37(2,3)43)26-13-14-27-32-28(22-30(42(26,27)11)56-36(51)40(8,9)46)41(10)17-16-25(54-34(49)38(4,5)44)20-24(41)21-29(32)55-35(50)39(6,7)45/h23-30,32H,12-22H2,1-11H3/t23-,24+,25-,26-,27+,28+,29-,30+,32+,41+,42-/m1/s1. The van der Waals surface area contributed by atoms with Gasteiger partial charge in [0.1, 0.15) is 48.8 Å². The van der Waals surface area contributed by atoms with Crippen LogP contribution in [0.4, 0.5) is 0 Å². The number of carbonyl (C=O) groups excluding carboxylic acids is 5. The molecule has 0 spiro atoms. The van der Waals surface area contributed by atoms with Crippen LogP contribution in [0, 0.1) is 46.3 Å². The van der Waals surface area contributed by atoms with Crippen molar-refractivity contribution in [3.05, 3.63) is 0 Å². The van der Waals surface area contributed by atoms with Crippen LogP contribution in [0.5, 0.6) is 0 Å². The van der Waals surface area contributed by atoms with Crippen molar-refractivity contribution in [1.29, 1.82) is 0 Å². The Bertz CT molecular complexity index is 1470. The van der Waals surface area contributed by atoms with Crippen molar-refractivity contribution in [3.63, 3.8) is 0 Å². The van der Waals surface area contributed by atoms with E-state index < -0.39 is 34.8 Å². The highest BCUT2D eigenvalue weighted by Gasteiger charge is 2.68. The zero-order valence-corrected chi connectivity index (χ0v) is 41.4. The highest BCUT2D eigenvalue weighted by Crippen LogP contribution is 2.69. The zero-order chi connectivity index (χ0) is 42.4. The second-order valence-corrected chi connectivity index (χ2v) is 27.3. The van der Waals surface area contributed by atoms with Crippen molar-refractivity contribution in [1.82, 2.24) is 0 Å². The number of halogens is 4. The lowest BCUT2D eigenvalue weighted by Crippen LogP contribution is -2.64. The summed E-state index contributed by atoms with van der Waals surface area (Å²) in [6, 6.07) is 0. The van der Waals surface area contributed by atoms with E-state index in [4.69, 9.17) is 23.7 Å². The molecule has 10 nitrogen and oxygen atoms in total. The minimum Gasteiger partial charge on any atom is -0.462 e. The lowest BCUT2D eigenvalue weighted by molar-refractivity contribution is -0.226. The summed E-state index contributed by atoms with van der Waals surface area (Å²) in [6.45, 7) is 20.9. The Hall–Kier alpha value is -0.730. The summed E-state index contributed by atoms with van der Waals surface area (Å²) < 4.78 is 26.5. The molecule has 0 bridgehead atoms. The number of alkyl halides is 4. The fourth-order valence-corrected chi connectivity index (χ4v) is 10.8. The van der Waals surface area contributed by atoms with E-state index in [0.29, 0.717) is 25.7 Å². The largest absolute Gasteiger partial charge is 0.462 e. The quantitative estimate of drug-likeness (QED) is 0.0717. The minimum absolute atomic E-state index is 0.0164. The van der Waals surface area contributed by atoms with E-state index in [0.717, 1.165) is 25.7 Å². The van der Waals surface area contributed by atoms with E-state index in [1.165, 1.54) is 0 Å². The van der Waals surface area contributed by atoms with E-state index in [2.05, 4.69) is 84.5 Å². The molecule has 56 heavy (non-hydrogen) atoms. The van der Waals surface area contributed by atoms with Gasteiger partial charge in [0.15, 0.2) is 0 Å². The van der Waals surface area contributed by atoms with Crippen LogP contribution in [-0.4, -0.2) is 78.7 Å². The Morgan fingerprint density at radius 2 is 1.20 bits per heavy atom. The lowest BCUT2D eigenvalue weighted by atomic mass is 9.43. The average Bonchev–Trinajstić information content (AvgIpc) is 3.42. The van der Waals surface area contributed by atoms with Crippen LogP contribution in [0.1, 0.15) is 134 Å². The van der Waals surface area contributed by atoms with Gasteiger partial charge in [0.25, 0.3) is 0 Å². The van der Waals surface area contributed by atoms with E-state index in [1.54, 1.807) is 55.4 Å². The van der Waals surface area contributed by atoms with Gasteiger partial charge in [-0.05, 0) is 142 Å². The summed E-state index contributed by atoms with van der Waals surface area (Å²) in [5.41, 5.74) is -0.618. The van der Waals surface area contributed by atoms with Crippen LogP contribution in [-0.2, 0) is 47.7 Å². The first kappa shape index (κ1) is 47.9. The highest BCUT2D eigenvalue weighted by molar-refractivity contribution is 9.10. The Morgan fingerprint density at radius 3 is 1.77 bits per heavy atom. The maximum atomic E-state index is 13.8. The van der Waals surface area contributed by atoms with Crippen LogP contribution in [0.2, 0.25) is 0 Å². The number of ether oxygens (including phenoxy) is 5. The first-order valence-electron chi connectivity index (χ1n) is 20.2. The summed E-state index contributed by atoms with van der Waals surface area (Å²) in [4.78, 5) is 65.3. The lowest BCUT2D eigenvalue weighted by Gasteiger charge is -2.64. The normalized spacial score (nSPS) is 33.8. The van der Waals surface area contributed by atoms with E-state index in [1.807, 2.05) is 0 Å². The topological polar surface area (TPSA) is 132 Å². The number of esters is 5. The molecule has 0 saturated heterocycles. The molecule has 4 rings (SSSR count). The maximum Gasteiger partial charge on any atom is 0.322 e. The third-order valence-electron chi connectivity index (χ3n) is 13.5. The SMILES string of the molecule is C[C@H](CCC(=O)OCCOC(=O)C(C)(C)Br)[C@H]1CC[C@H]2[C@@H]3[C@H](OC(=O)C(C)(C)Br)C[C@@H]4C[C@H](OC(=O)C(C)(C)Br)CC[C@]4(C)[C@H]3C[C@H](OC(=O)C(C)(C)Br)[C@]12C. The maximum absolute atomic E-state index is 13.8. The third-order valence-corrected chi connectivity index (χ3v) is 14.8. The van der Waals surface area contributed by atoms with Crippen LogP contribution >= 0.6 is 63.7 Å². The van der Waals surface area contributed by atoms with E-state index in [-0.39, 0.29) is 96.6 Å². The monoisotopic (exact) mass is 1040 g/mol. The predicted octanol–water partition coefficient (Wildman–Crippen LogP) is 9.80. The number of rotatable bonds is 14. The molecule has 0 heterocycles. The van der Waals surface area contributed by atoms with Crippen molar-refractivity contribution in [3.8, 4) is 0 Å². The van der Waals surface area contributed by atoms with Gasteiger partial charge in [-0.3, -0.25) is 24.0 Å². The summed E-state index contributed by atoms with van der Waals surface area (Å²) in [6.07, 6.45) is 5.08. The second-order valence-electron chi connectivity index (χ2n) is 19.4. The van der Waals surface area contributed by atoms with Gasteiger partial charge in [0.2, 0.25) is 0 Å². The molecule has 320 valence electrons. The van der Waals surface area contributed by atoms with Gasteiger partial charge in [-0.2, -0.15) is 0 Å². The Labute approximate surface area is 368 Å². The molecule has 0 unspecified atom stereocenters. The molecule has 0 aromatic rings. The molecule has 0 radical (unpaired) electrons. The number of carbonyl (C=O) groups is 5. The summed E-state index contributed by atoms with van der Waals surface area (Å²) >= 11 is 13.8. The minimum atomic E-state index is -0.887. The van der Waals surface area contributed by atoms with Gasteiger partial charge < -0.3 is 23.7 Å². The van der Waals surface area contributed by atoms with Crippen molar-refractivity contribution in [2.24, 2.45) is 46.3 Å². The van der Waals surface area contributed by atoms with Crippen molar-refractivity contribution >= 4 is 93.6 Å². The predicted molar refractivity (Wildman–Crippen MR) is 228 cm³/mol. The van der Waals surface area contributed by atoms with Crippen molar-refractivity contribution in [2.45, 2.75) is 170 Å². The second kappa shape index (κ2) is 17.7. The Kier molecular flexibility index (Phi) is 15.2. The number of hydrogen-bond donors (Lipinski definition) is 0. The highest BCUT2D eigenvalue weighted by atomic mass is 79.9. The zero-order valence-electron chi connectivity index (χ0n) is 35.1. The molecular weight excluding hydrogens is 984 g/mol. The summed E-state index contributed by atoms with van der Waals surface area (Å²) in [5.74, 6) is -1.16. The molecule has 0 N–H and O–H groups in total. The van der Waals surface area contributed by atoms with Gasteiger partial charge in [0, 0.05) is 17.8 Å². The van der Waals surface area contributed by atoms with Gasteiger partial charge in [-0.25, -0.2) is 0 Å². The Morgan fingerprint density at radius 1 is 0.661 bits per heavy atom. The van der Waals surface area contributed by atoms with Crippen molar-refractivity contribution in [2.75, 3.05) is 13.2 Å². The molecule has 0 aromatic carbocycles. The van der Waals surface area contributed by atoms with E-state index in [9.17, 15) is 24.0 Å². The molecule has 4 aliphatic rings. The summed E-state index contributed by atoms with van der Waals surface area (Å²) in [5, 5.41) is 0. The molecule has 0 aromatic heterocycles. The van der Waals surface area contributed by atoms with Crippen LogP contribution < -0.4 is 0 Å². The molecule has 11 atom stereocenters. The molecule has 14 heteroatoms. The fourth-order valence-electron chi connectivity index (χ4n) is 10.4. The molecule has 4 saturated carbocycles. The molecule has 4 fully saturated rings. The fraction of sp³-hybridized carbons (Fsp3) is 0.881. The first-order valence-corrected chi connectivity index (χ1v) is 23.4. The van der Waals surface area contributed by atoms with Crippen LogP contribution in [0.25, 0.3) is 0 Å². The third kappa shape index (κ3) is 10.8. The molecule has 4 aliphatic carbocycles. The van der Waals surface area contributed by atoms with Gasteiger partial charge >= 0.3 is 29.8 Å². The molecular formula is C42H64Br4O10. The Balaban J connectivity index is 1.63. The molecule has 0 aliphatic heterocycles. The van der Waals surface area contributed by atoms with Gasteiger partial charge in [-0.1, -0.05) is 84.5 Å². The van der Waals surface area contributed by atoms with E-state index >= 15 is 0 Å². The number of fused-ring (bicyclic) bond motifs is 5.